The number of aromatic nitrogens is 2. The summed E-state index contributed by atoms with van der Waals surface area (Å²) in [6, 6.07) is 5.07. The number of benzene rings is 10. The van der Waals surface area contributed by atoms with Crippen molar-refractivity contribution in [2.75, 3.05) is 4.90 Å². The van der Waals surface area contributed by atoms with E-state index in [4.69, 9.17) is 27.7 Å². The van der Waals surface area contributed by atoms with Crippen LogP contribution in [0.3, 0.4) is 0 Å². The summed E-state index contributed by atoms with van der Waals surface area (Å²) in [5.41, 5.74) is -2.22. The molecule has 3 heterocycles. The molecule has 0 radical (unpaired) electrons. The van der Waals surface area contributed by atoms with Gasteiger partial charge in [0.05, 0.1) is 62.0 Å². The molecule has 0 aliphatic heterocycles. The Morgan fingerprint density at radius 1 is 0.406 bits per heavy atom. The Kier molecular flexibility index (Phi) is 4.35. The highest BCUT2D eigenvalue weighted by atomic mass is 16.3. The van der Waals surface area contributed by atoms with Gasteiger partial charge >= 0.3 is 0 Å². The molecule has 0 atom stereocenters. The van der Waals surface area contributed by atoms with Gasteiger partial charge in [-0.1, -0.05) is 139 Å². The molecule has 0 aliphatic carbocycles. The summed E-state index contributed by atoms with van der Waals surface area (Å²) in [7, 11) is 0. The van der Waals surface area contributed by atoms with Gasteiger partial charge in [-0.3, -0.25) is 0 Å². The number of nitrogens with zero attached hydrogens (tertiary/aromatic N) is 3. The summed E-state index contributed by atoms with van der Waals surface area (Å²) < 4.78 is 235. The maximum absolute atomic E-state index is 10.3. The molecule has 0 saturated heterocycles. The van der Waals surface area contributed by atoms with Crippen LogP contribution < -0.4 is 4.90 Å². The minimum atomic E-state index is -0.733. The van der Waals surface area contributed by atoms with Crippen molar-refractivity contribution in [3.63, 3.8) is 0 Å². The lowest BCUT2D eigenvalue weighted by Crippen LogP contribution is -2.10. The van der Waals surface area contributed by atoms with Crippen molar-refractivity contribution in [3.05, 3.63) is 236 Å². The molecule has 0 spiro atoms. The summed E-state index contributed by atoms with van der Waals surface area (Å²) in [5.74, 6) is 0. The summed E-state index contributed by atoms with van der Waals surface area (Å²) in [4.78, 5) is 1.37. The smallest absolute Gasteiger partial charge is 0.135 e. The van der Waals surface area contributed by atoms with E-state index < -0.39 is 109 Å². The lowest BCUT2D eigenvalue weighted by Gasteiger charge is -2.27. The fraction of sp³-hybridized carbons (Fsp3) is 0. The molecule has 0 saturated carbocycles. The molecular weight excluding hydrogens is 779 g/mol. The second kappa shape index (κ2) is 14.5. The Balaban J connectivity index is 1.27. The van der Waals surface area contributed by atoms with Gasteiger partial charge in [0.15, 0.2) is 0 Å². The van der Waals surface area contributed by atoms with Crippen LogP contribution >= 0.6 is 0 Å². The third-order valence-corrected chi connectivity index (χ3v) is 11.1. The molecule has 0 amide bonds. The molecule has 3 aromatic heterocycles. The monoisotopic (exact) mass is 842 g/mol. The topological polar surface area (TPSA) is 26.2 Å². The Labute approximate surface area is 404 Å². The molecule has 13 rings (SSSR count). The van der Waals surface area contributed by atoms with Crippen molar-refractivity contribution in [2.45, 2.75) is 0 Å². The maximum Gasteiger partial charge on any atom is 0.135 e. The lowest BCUT2D eigenvalue weighted by molar-refractivity contribution is 0.669. The fourth-order valence-electron chi connectivity index (χ4n) is 8.54. The van der Waals surface area contributed by atoms with Gasteiger partial charge in [0.25, 0.3) is 0 Å². The van der Waals surface area contributed by atoms with Crippen molar-refractivity contribution < 1.29 is 38.7 Å². The Morgan fingerprint density at radius 2 is 1.16 bits per heavy atom. The number of furan rings is 1. The van der Waals surface area contributed by atoms with Crippen molar-refractivity contribution in [1.29, 1.82) is 0 Å². The van der Waals surface area contributed by atoms with Crippen molar-refractivity contribution >= 4 is 82.6 Å². The van der Waals surface area contributed by atoms with Crippen LogP contribution in [0.5, 0.6) is 0 Å². The highest BCUT2D eigenvalue weighted by Crippen LogP contribution is 2.48. The Bertz CT molecular complexity index is 5400. The highest BCUT2D eigenvalue weighted by molar-refractivity contribution is 6.19. The SMILES string of the molecule is [2H]c1cc(N(c2cc([2H])c3c(c2)c2c([2H])c(-c4c([2H])cc([2H])c([2H])c4[2H])cc(-c4cc([2H])c([2H])c([2H])c4[2H])c2n3-c2cc([2H])c([2H])c([2H])c2[2H])c2cc([2H])c3oc4c([2H])c([2H])cc([2H])c4c3c2[2H])c2c3cc([2H])c([2H])cc3n(-c3cc([2H])c([2H])c([2H])c3)c2c1. The zero-order chi connectivity index (χ0) is 63.9. The van der Waals surface area contributed by atoms with E-state index in [1.807, 2.05) is 0 Å². The van der Waals surface area contributed by atoms with E-state index in [1.54, 1.807) is 0 Å². The van der Waals surface area contributed by atoms with E-state index in [-0.39, 0.29) is 159 Å². The molecule has 0 aliphatic rings. The average Bonchev–Trinajstić information content (AvgIpc) is 1.58. The van der Waals surface area contributed by atoms with E-state index in [2.05, 4.69) is 0 Å². The third kappa shape index (κ3) is 5.63. The first-order valence-corrected chi connectivity index (χ1v) is 19.8. The predicted molar refractivity (Wildman–Crippen MR) is 268 cm³/mol. The average molecular weight is 843 g/mol. The second-order valence-corrected chi connectivity index (χ2v) is 14.6. The number of anilines is 3. The summed E-state index contributed by atoms with van der Waals surface area (Å²) in [6.07, 6.45) is 0. The van der Waals surface area contributed by atoms with Crippen LogP contribution in [0.15, 0.2) is 240 Å². The van der Waals surface area contributed by atoms with Crippen molar-refractivity contribution in [3.8, 4) is 33.6 Å². The zero-order valence-electron chi connectivity index (χ0n) is 57.8. The van der Waals surface area contributed by atoms with Crippen LogP contribution in [-0.4, -0.2) is 9.13 Å². The van der Waals surface area contributed by atoms with Gasteiger partial charge in [0, 0.05) is 60.6 Å². The first kappa shape index (κ1) is 19.2. The molecular formula is C60H39N3O. The molecule has 0 fully saturated rings. The van der Waals surface area contributed by atoms with Crippen LogP contribution in [0.1, 0.15) is 34.3 Å². The Morgan fingerprint density at radius 3 is 2.09 bits per heavy atom. The normalized spacial score (nSPS) is 17.2. The fourth-order valence-corrected chi connectivity index (χ4v) is 8.54. The number of para-hydroxylation sites is 4. The van der Waals surface area contributed by atoms with Crippen LogP contribution in [0, 0.1) is 0 Å². The van der Waals surface area contributed by atoms with Gasteiger partial charge < -0.3 is 18.5 Å². The van der Waals surface area contributed by atoms with Crippen molar-refractivity contribution in [1.82, 2.24) is 9.13 Å². The minimum absolute atomic E-state index is 0.0352. The van der Waals surface area contributed by atoms with E-state index in [1.165, 1.54) is 74.7 Å². The van der Waals surface area contributed by atoms with Gasteiger partial charge in [-0.05, 0) is 114 Å². The number of hydrogen-bond donors (Lipinski definition) is 0. The first-order valence-electron chi connectivity index (χ1n) is 32.3. The Hall–Kier alpha value is -8.60. The predicted octanol–water partition coefficient (Wildman–Crippen LogP) is 16.6. The minimum Gasteiger partial charge on any atom is -0.456 e. The molecule has 0 unspecified atom stereocenters. The van der Waals surface area contributed by atoms with E-state index in [0.29, 0.717) is 0 Å². The highest BCUT2D eigenvalue weighted by Gasteiger charge is 2.25. The summed E-state index contributed by atoms with van der Waals surface area (Å²) in [5, 5.41) is -0.251. The van der Waals surface area contributed by atoms with Crippen LogP contribution in [0.4, 0.5) is 17.1 Å². The van der Waals surface area contributed by atoms with Crippen LogP contribution in [0.25, 0.3) is 99.2 Å². The van der Waals surface area contributed by atoms with Gasteiger partial charge in [0.2, 0.25) is 0 Å². The number of fused-ring (bicyclic) bond motifs is 9. The molecule has 13 aromatic rings. The van der Waals surface area contributed by atoms with Gasteiger partial charge in [-0.2, -0.15) is 0 Å². The number of hydrogen-bond acceptors (Lipinski definition) is 2. The second-order valence-electron chi connectivity index (χ2n) is 14.6. The van der Waals surface area contributed by atoms with Gasteiger partial charge in [-0.15, -0.1) is 0 Å². The van der Waals surface area contributed by atoms with Gasteiger partial charge in [0.1, 0.15) is 11.2 Å². The largest absolute Gasteiger partial charge is 0.456 e. The molecule has 300 valence electrons. The van der Waals surface area contributed by atoms with E-state index in [9.17, 15) is 11.0 Å². The molecule has 0 bridgehead atoms. The van der Waals surface area contributed by atoms with E-state index in [0.717, 1.165) is 24.3 Å². The molecule has 4 heteroatoms. The molecule has 10 aromatic carbocycles. The quantitative estimate of drug-likeness (QED) is 0.160. The standard InChI is InChI=1S/C60H39N3O/c1-5-18-40(19-6-1)42-36-49(41-20-7-2-8-21-41)60-52(37-42)50-38-45(32-34-54(50)63(60)44-24-11-4-12-25-44)61(46-33-35-58-51(39-46)47-26-14-16-31-57(47)64-58)55-29-17-30-56-59(55)48-27-13-15-28-53(48)62(56)43-22-9-3-10-23-43/h1-39H/i1D,2D,3D,4D,5D,7D,8D,9D,10D,11D,12D,13D,15D,16D,17D,18D,19D,20D,24D,26D,31D,34D,35D,37D,39D. The maximum atomic E-state index is 10.3. The first-order chi connectivity index (χ1) is 42.0. The van der Waals surface area contributed by atoms with Crippen molar-refractivity contribution in [2.24, 2.45) is 0 Å². The number of rotatable bonds is 7. The van der Waals surface area contributed by atoms with Crippen LogP contribution in [-0.2, 0) is 0 Å². The summed E-state index contributed by atoms with van der Waals surface area (Å²) in [6.45, 7) is 0. The third-order valence-electron chi connectivity index (χ3n) is 11.1. The summed E-state index contributed by atoms with van der Waals surface area (Å²) >= 11 is 0. The van der Waals surface area contributed by atoms with Crippen LogP contribution in [0.2, 0.25) is 0 Å². The molecule has 4 nitrogen and oxygen atoms in total. The lowest BCUT2D eigenvalue weighted by atomic mass is 9.95. The van der Waals surface area contributed by atoms with E-state index >= 15 is 0 Å². The molecule has 0 N–H and O–H groups in total. The molecule has 64 heavy (non-hydrogen) atoms. The van der Waals surface area contributed by atoms with Gasteiger partial charge in [-0.25, -0.2) is 0 Å². The zero-order valence-corrected chi connectivity index (χ0v) is 32.8.